The van der Waals surface area contributed by atoms with Gasteiger partial charge in [0.2, 0.25) is 0 Å². The Kier molecular flexibility index (Phi) is 6.05. The van der Waals surface area contributed by atoms with Crippen LogP contribution in [0.2, 0.25) is 6.55 Å². The molecular weight excluding hydrogens is 306 g/mol. The number of rotatable bonds is 8. The first kappa shape index (κ1) is 18.9. The number of fused-ring (bicyclic) bond motifs is 1. The summed E-state index contributed by atoms with van der Waals surface area (Å²) in [6.45, 7) is 17.2. The predicted octanol–water partition coefficient (Wildman–Crippen LogP) is 6.14. The quantitative estimate of drug-likeness (QED) is 0.341. The largest absolute Gasteiger partial charge is 0.329 e. The monoisotopic (exact) mass is 339 g/mol. The molecule has 1 aromatic rings. The average molecular weight is 340 g/mol. The van der Waals surface area contributed by atoms with Crippen molar-refractivity contribution in [2.45, 2.75) is 64.1 Å². The van der Waals surface area contributed by atoms with Crippen molar-refractivity contribution in [3.63, 3.8) is 0 Å². The predicted molar refractivity (Wildman–Crippen MR) is 111 cm³/mol. The first-order valence-corrected chi connectivity index (χ1v) is 11.8. The average Bonchev–Trinajstić information content (AvgIpc) is 2.90. The fraction of sp³-hybridized carbons (Fsp3) is 0.455. The molecule has 0 radical (unpaired) electrons. The van der Waals surface area contributed by atoms with Crippen LogP contribution in [0, 0.1) is 0 Å². The van der Waals surface area contributed by atoms with Crippen molar-refractivity contribution in [1.82, 2.24) is 4.98 Å². The maximum Gasteiger partial charge on any atom is 0.158 e. The van der Waals surface area contributed by atoms with E-state index in [2.05, 4.69) is 81.5 Å². The minimum Gasteiger partial charge on any atom is -0.329 e. The summed E-state index contributed by atoms with van der Waals surface area (Å²) in [4.78, 5) is 3.93. The van der Waals surface area contributed by atoms with Gasteiger partial charge in [-0.15, -0.1) is 13.2 Å². The topological polar surface area (TPSA) is 12.0 Å². The summed E-state index contributed by atoms with van der Waals surface area (Å²) in [6.07, 6.45) is 9.30. The van der Waals surface area contributed by atoms with E-state index in [1.165, 1.54) is 36.0 Å². The lowest BCUT2D eigenvalue weighted by atomic mass is 10.0. The van der Waals surface area contributed by atoms with Crippen molar-refractivity contribution in [2.24, 2.45) is 0 Å². The van der Waals surface area contributed by atoms with Gasteiger partial charge in [0.05, 0.1) is 0 Å². The second-order valence-electron chi connectivity index (χ2n) is 8.15. The molecule has 0 saturated heterocycles. The van der Waals surface area contributed by atoms with Crippen molar-refractivity contribution in [3.05, 3.63) is 66.4 Å². The molecule has 0 amide bonds. The number of hydrogen-bond donors (Lipinski definition) is 1. The summed E-state index contributed by atoms with van der Waals surface area (Å²) < 4.78 is 0. The van der Waals surface area contributed by atoms with E-state index in [0.717, 1.165) is 6.42 Å². The van der Waals surface area contributed by atoms with Crippen LogP contribution in [0.5, 0.6) is 0 Å². The Labute approximate surface area is 149 Å². The standard InChI is InChI=1S/C22H33NSi/c1-7-9-10-11-14-18-17-21(20-16-13-12-15-19(18)20)24(6,8-2)23-22(3,4)5/h7-8,12-13,15-17,21,23H,1-2,9-11,14H2,3-6H3. The SMILES string of the molecule is C=CCCCCC1=CC([Si](C)(C=C)NC(C)(C)C)c2ccccc21. The molecule has 1 nitrogen and oxygen atoms in total. The van der Waals surface area contributed by atoms with Gasteiger partial charge in [0.25, 0.3) is 0 Å². The van der Waals surface area contributed by atoms with Crippen molar-refractivity contribution in [2.75, 3.05) is 0 Å². The molecule has 0 heterocycles. The Morgan fingerprint density at radius 3 is 2.50 bits per heavy atom. The van der Waals surface area contributed by atoms with Gasteiger partial charge in [-0.1, -0.05) is 48.7 Å². The van der Waals surface area contributed by atoms with Gasteiger partial charge in [-0.3, -0.25) is 0 Å². The number of hydrogen-bond acceptors (Lipinski definition) is 1. The number of nitrogens with one attached hydrogen (secondary N) is 1. The van der Waals surface area contributed by atoms with Gasteiger partial charge in [-0.25, -0.2) is 0 Å². The summed E-state index contributed by atoms with van der Waals surface area (Å²) in [5.41, 5.74) is 7.26. The van der Waals surface area contributed by atoms with Gasteiger partial charge in [-0.05, 0) is 63.2 Å². The lowest BCUT2D eigenvalue weighted by Crippen LogP contribution is -2.58. The third-order valence-electron chi connectivity index (χ3n) is 4.83. The second kappa shape index (κ2) is 7.67. The summed E-state index contributed by atoms with van der Waals surface area (Å²) in [6, 6.07) is 8.95. The van der Waals surface area contributed by atoms with Gasteiger partial charge >= 0.3 is 0 Å². The van der Waals surface area contributed by atoms with Crippen LogP contribution in [0.15, 0.2) is 55.3 Å². The molecule has 24 heavy (non-hydrogen) atoms. The molecule has 0 aliphatic heterocycles. The fourth-order valence-electron chi connectivity index (χ4n) is 3.82. The minimum absolute atomic E-state index is 0.102. The van der Waals surface area contributed by atoms with E-state index in [1.54, 1.807) is 0 Å². The van der Waals surface area contributed by atoms with E-state index in [0.29, 0.717) is 5.54 Å². The molecule has 2 atom stereocenters. The zero-order chi connectivity index (χ0) is 17.8. The van der Waals surface area contributed by atoms with Gasteiger partial charge in [-0.2, -0.15) is 0 Å². The van der Waals surface area contributed by atoms with Crippen molar-refractivity contribution in [1.29, 1.82) is 0 Å². The van der Waals surface area contributed by atoms with Gasteiger partial charge in [0.15, 0.2) is 8.24 Å². The highest BCUT2D eigenvalue weighted by molar-refractivity contribution is 6.83. The lowest BCUT2D eigenvalue weighted by Gasteiger charge is -2.38. The number of benzene rings is 1. The third-order valence-corrected chi connectivity index (χ3v) is 8.74. The van der Waals surface area contributed by atoms with Crippen LogP contribution < -0.4 is 4.98 Å². The van der Waals surface area contributed by atoms with Crippen LogP contribution >= 0.6 is 0 Å². The summed E-state index contributed by atoms with van der Waals surface area (Å²) in [5, 5.41) is 0. The maximum atomic E-state index is 4.20. The molecule has 1 aromatic carbocycles. The lowest BCUT2D eigenvalue weighted by molar-refractivity contribution is 0.510. The smallest absolute Gasteiger partial charge is 0.158 e. The normalized spacial score (nSPS) is 19.3. The Hall–Kier alpha value is -1.38. The van der Waals surface area contributed by atoms with E-state index in [-0.39, 0.29) is 5.54 Å². The molecule has 1 aliphatic carbocycles. The van der Waals surface area contributed by atoms with Crippen LogP contribution in [-0.2, 0) is 0 Å². The van der Waals surface area contributed by atoms with E-state index < -0.39 is 8.24 Å². The summed E-state index contributed by atoms with van der Waals surface area (Å²) >= 11 is 0. The minimum atomic E-state index is -1.85. The molecule has 0 spiro atoms. The van der Waals surface area contributed by atoms with Crippen molar-refractivity contribution >= 4 is 13.8 Å². The number of unbranched alkanes of at least 4 members (excludes halogenated alkanes) is 2. The first-order chi connectivity index (χ1) is 11.3. The van der Waals surface area contributed by atoms with Gasteiger partial charge in [0, 0.05) is 11.1 Å². The molecule has 2 heteroatoms. The molecule has 0 saturated carbocycles. The molecular formula is C22H33NSi. The Balaban J connectivity index is 2.30. The fourth-order valence-corrected chi connectivity index (χ4v) is 7.40. The zero-order valence-corrected chi connectivity index (χ0v) is 16.9. The highest BCUT2D eigenvalue weighted by Gasteiger charge is 2.40. The van der Waals surface area contributed by atoms with Crippen LogP contribution in [-0.4, -0.2) is 13.8 Å². The Morgan fingerprint density at radius 2 is 1.88 bits per heavy atom. The van der Waals surface area contributed by atoms with Crippen molar-refractivity contribution in [3.8, 4) is 0 Å². The van der Waals surface area contributed by atoms with Crippen LogP contribution in [0.3, 0.4) is 0 Å². The molecule has 0 aromatic heterocycles. The summed E-state index contributed by atoms with van der Waals surface area (Å²) in [5.74, 6) is 0. The van der Waals surface area contributed by atoms with Gasteiger partial charge < -0.3 is 4.98 Å². The Bertz CT molecular complexity index is 623. The highest BCUT2D eigenvalue weighted by Crippen LogP contribution is 2.42. The van der Waals surface area contributed by atoms with E-state index in [4.69, 9.17) is 0 Å². The van der Waals surface area contributed by atoms with Crippen LogP contribution in [0.1, 0.15) is 63.1 Å². The zero-order valence-electron chi connectivity index (χ0n) is 15.9. The second-order valence-corrected chi connectivity index (χ2v) is 12.0. The van der Waals surface area contributed by atoms with E-state index in [1.807, 2.05) is 6.08 Å². The van der Waals surface area contributed by atoms with Gasteiger partial charge in [0.1, 0.15) is 0 Å². The molecule has 2 unspecified atom stereocenters. The highest BCUT2D eigenvalue weighted by atomic mass is 28.3. The third kappa shape index (κ3) is 4.37. The summed E-state index contributed by atoms with van der Waals surface area (Å²) in [7, 11) is -1.85. The van der Waals surface area contributed by atoms with E-state index in [9.17, 15) is 0 Å². The molecule has 130 valence electrons. The van der Waals surface area contributed by atoms with E-state index >= 15 is 0 Å². The number of allylic oxidation sites excluding steroid dienone is 3. The Morgan fingerprint density at radius 1 is 1.17 bits per heavy atom. The molecule has 0 fully saturated rings. The maximum absolute atomic E-state index is 4.20. The molecule has 1 aliphatic rings. The molecule has 0 bridgehead atoms. The van der Waals surface area contributed by atoms with Crippen molar-refractivity contribution < 1.29 is 0 Å². The first-order valence-electron chi connectivity index (χ1n) is 9.14. The molecule has 1 N–H and O–H groups in total. The van der Waals surface area contributed by atoms with Crippen LogP contribution in [0.25, 0.3) is 5.57 Å². The molecule has 2 rings (SSSR count). The van der Waals surface area contributed by atoms with Crippen LogP contribution in [0.4, 0.5) is 0 Å².